The van der Waals surface area contributed by atoms with Crippen LogP contribution in [0, 0.1) is 17.8 Å². The van der Waals surface area contributed by atoms with Crippen LogP contribution in [0.2, 0.25) is 0 Å². The van der Waals surface area contributed by atoms with Crippen LogP contribution in [0.3, 0.4) is 0 Å². The maximum atomic E-state index is 14.3. The fourth-order valence-corrected chi connectivity index (χ4v) is 8.48. The Morgan fingerprint density at radius 1 is 1.15 bits per heavy atom. The van der Waals surface area contributed by atoms with E-state index in [1.54, 1.807) is 22.8 Å². The molecular weight excluding hydrogens is 536 g/mol. The number of fused-ring (bicyclic) bond motifs is 5. The van der Waals surface area contributed by atoms with Gasteiger partial charge in [-0.3, -0.25) is 4.79 Å². The molecule has 2 fully saturated rings. The van der Waals surface area contributed by atoms with Gasteiger partial charge in [-0.05, 0) is 42.7 Å². The number of nitrogens with zero attached hydrogens (tertiary/aromatic N) is 4. The topological polar surface area (TPSA) is 84.6 Å². The highest BCUT2D eigenvalue weighted by molar-refractivity contribution is 7.91. The molecule has 1 saturated carbocycles. The summed E-state index contributed by atoms with van der Waals surface area (Å²) in [6.07, 6.45) is -1.13. The largest absolute Gasteiger partial charge is 0.413 e. The zero-order chi connectivity index (χ0) is 27.9. The van der Waals surface area contributed by atoms with E-state index in [-0.39, 0.29) is 47.2 Å². The van der Waals surface area contributed by atoms with Crippen molar-refractivity contribution in [3.8, 4) is 0 Å². The first-order chi connectivity index (χ1) is 18.3. The highest BCUT2D eigenvalue weighted by Crippen LogP contribution is 2.63. The molecule has 6 rings (SSSR count). The number of amides is 1. The molecule has 0 radical (unpaired) electrons. The van der Waals surface area contributed by atoms with Gasteiger partial charge in [0.15, 0.2) is 11.7 Å². The highest BCUT2D eigenvalue weighted by atomic mass is 32.2. The third-order valence-corrected chi connectivity index (χ3v) is 10.8. The predicted octanol–water partition coefficient (Wildman–Crippen LogP) is 4.57. The van der Waals surface area contributed by atoms with E-state index in [0.29, 0.717) is 10.5 Å². The quantitative estimate of drug-likeness (QED) is 0.434. The summed E-state index contributed by atoms with van der Waals surface area (Å²) in [5, 5.41) is 4.02. The van der Waals surface area contributed by atoms with Gasteiger partial charge in [-0.15, -0.1) is 5.10 Å². The lowest BCUT2D eigenvalue weighted by atomic mass is 9.59. The van der Waals surface area contributed by atoms with Crippen molar-refractivity contribution >= 4 is 21.4 Å². The summed E-state index contributed by atoms with van der Waals surface area (Å²) < 4.78 is 81.8. The summed E-state index contributed by atoms with van der Waals surface area (Å²) in [5.41, 5.74) is 2.74. The maximum absolute atomic E-state index is 14.3. The molecule has 12 heteroatoms. The highest BCUT2D eigenvalue weighted by Gasteiger charge is 2.57. The van der Waals surface area contributed by atoms with Crippen molar-refractivity contribution in [3.63, 3.8) is 0 Å². The van der Waals surface area contributed by atoms with Gasteiger partial charge in [-0.1, -0.05) is 31.2 Å². The van der Waals surface area contributed by atoms with E-state index in [1.807, 2.05) is 0 Å². The fourth-order valence-electron chi connectivity index (χ4n) is 6.99. The monoisotopic (exact) mass is 564 g/mol. The van der Waals surface area contributed by atoms with Gasteiger partial charge in [-0.2, -0.15) is 17.6 Å². The zero-order valence-corrected chi connectivity index (χ0v) is 22.3. The van der Waals surface area contributed by atoms with Crippen LogP contribution in [0.25, 0.3) is 5.65 Å². The molecule has 1 saturated heterocycles. The van der Waals surface area contributed by atoms with Crippen molar-refractivity contribution in [2.24, 2.45) is 11.8 Å². The van der Waals surface area contributed by atoms with E-state index < -0.39 is 39.8 Å². The molecule has 2 aliphatic carbocycles. The Kier molecular flexibility index (Phi) is 5.87. The second-order valence-electron chi connectivity index (χ2n) is 11.3. The van der Waals surface area contributed by atoms with Gasteiger partial charge in [0.05, 0.1) is 17.2 Å². The average Bonchev–Trinajstić information content (AvgIpc) is 3.31. The SMILES string of the molecule is CN(C(=O)C1CCS(=O)(=O)CC1)[C@@H](c1ccc([C@H]2c3cnc4cc(F)nn4c3[C@]3(C)CC[C@H]23)cc1)C(F)(F)F. The van der Waals surface area contributed by atoms with Crippen LogP contribution in [0.15, 0.2) is 36.5 Å². The number of alkyl halides is 3. The Balaban J connectivity index is 1.31. The summed E-state index contributed by atoms with van der Waals surface area (Å²) in [5.74, 6) is -2.41. The van der Waals surface area contributed by atoms with Crippen molar-refractivity contribution in [1.82, 2.24) is 19.5 Å². The van der Waals surface area contributed by atoms with Gasteiger partial charge in [-0.25, -0.2) is 17.9 Å². The van der Waals surface area contributed by atoms with Crippen LogP contribution in [0.1, 0.15) is 67.0 Å². The summed E-state index contributed by atoms with van der Waals surface area (Å²) in [7, 11) is -2.12. The van der Waals surface area contributed by atoms with E-state index in [9.17, 15) is 30.8 Å². The summed E-state index contributed by atoms with van der Waals surface area (Å²) in [6, 6.07) is 5.29. The molecule has 1 aromatic carbocycles. The van der Waals surface area contributed by atoms with Gasteiger partial charge in [0.25, 0.3) is 0 Å². The van der Waals surface area contributed by atoms with Crippen LogP contribution >= 0.6 is 0 Å². The Morgan fingerprint density at radius 3 is 2.41 bits per heavy atom. The third-order valence-electron chi connectivity index (χ3n) is 9.11. The van der Waals surface area contributed by atoms with E-state index >= 15 is 0 Å². The van der Waals surface area contributed by atoms with E-state index in [4.69, 9.17) is 0 Å². The second-order valence-corrected chi connectivity index (χ2v) is 13.6. The Bertz CT molecular complexity index is 1560. The first kappa shape index (κ1) is 26.2. The van der Waals surface area contributed by atoms with Crippen molar-refractivity contribution in [2.75, 3.05) is 18.6 Å². The van der Waals surface area contributed by atoms with Crippen LogP contribution in [0.5, 0.6) is 0 Å². The van der Waals surface area contributed by atoms with E-state index in [1.165, 1.54) is 18.2 Å². The van der Waals surface area contributed by atoms with Crippen LogP contribution in [0.4, 0.5) is 17.6 Å². The number of rotatable bonds is 4. The van der Waals surface area contributed by atoms with Gasteiger partial charge in [0.1, 0.15) is 9.84 Å². The number of hydrogen-bond donors (Lipinski definition) is 0. The Hall–Kier alpha value is -3.02. The average molecular weight is 565 g/mol. The molecule has 39 heavy (non-hydrogen) atoms. The molecule has 3 aromatic rings. The van der Waals surface area contributed by atoms with Gasteiger partial charge in [0, 0.05) is 42.1 Å². The molecule has 1 amide bonds. The van der Waals surface area contributed by atoms with E-state index in [0.717, 1.165) is 36.7 Å². The molecule has 1 aliphatic heterocycles. The van der Waals surface area contributed by atoms with Crippen molar-refractivity contribution < 1.29 is 30.8 Å². The number of carbonyl (C=O) groups excluding carboxylic acids is 1. The number of carbonyl (C=O) groups is 1. The summed E-state index contributed by atoms with van der Waals surface area (Å²) in [4.78, 5) is 18.1. The van der Waals surface area contributed by atoms with Gasteiger partial charge < -0.3 is 4.90 Å². The summed E-state index contributed by atoms with van der Waals surface area (Å²) in [6.45, 7) is 2.12. The van der Waals surface area contributed by atoms with Crippen molar-refractivity contribution in [3.05, 3.63) is 64.9 Å². The number of hydrogen-bond acceptors (Lipinski definition) is 5. The normalized spacial score (nSPS) is 27.0. The Morgan fingerprint density at radius 2 is 1.82 bits per heavy atom. The molecule has 208 valence electrons. The lowest BCUT2D eigenvalue weighted by molar-refractivity contribution is -0.190. The lowest BCUT2D eigenvalue weighted by Crippen LogP contribution is -2.44. The van der Waals surface area contributed by atoms with Gasteiger partial charge >= 0.3 is 6.18 Å². The molecule has 0 bridgehead atoms. The van der Waals surface area contributed by atoms with Crippen LogP contribution < -0.4 is 0 Å². The molecule has 7 nitrogen and oxygen atoms in total. The zero-order valence-electron chi connectivity index (χ0n) is 21.4. The molecule has 0 spiro atoms. The summed E-state index contributed by atoms with van der Waals surface area (Å²) >= 11 is 0. The minimum absolute atomic E-state index is 0.0255. The molecular formula is C27H28F4N4O3S. The second kappa shape index (κ2) is 8.74. The molecule has 4 atom stereocenters. The number of benzene rings is 1. The standard InChI is InChI=1S/C27H28F4N4O3S/c1-26-10-7-19(26)22(18-14-32-21-13-20(28)33-35(21)24(18)26)15-3-5-16(6-4-15)23(27(29,30)31)34(2)25(36)17-8-11-39(37,38)12-9-17/h3-6,13-14,17,19,22-23H,7-12H2,1-2H3/t19-,22+,23+,26-/m1/s1. The van der Waals surface area contributed by atoms with Crippen LogP contribution in [-0.4, -0.2) is 58.6 Å². The van der Waals surface area contributed by atoms with Crippen molar-refractivity contribution in [2.45, 2.75) is 56.2 Å². The number of aromatic nitrogens is 3. The third kappa shape index (κ3) is 4.13. The minimum Gasteiger partial charge on any atom is -0.330 e. The first-order valence-corrected chi connectivity index (χ1v) is 14.8. The smallest absolute Gasteiger partial charge is 0.330 e. The molecule has 0 unspecified atom stereocenters. The number of sulfone groups is 1. The molecule has 3 aliphatic rings. The molecule has 3 heterocycles. The first-order valence-electron chi connectivity index (χ1n) is 13.0. The maximum Gasteiger partial charge on any atom is 0.413 e. The fraction of sp³-hybridized carbons (Fsp3) is 0.519. The number of halogens is 4. The minimum atomic E-state index is -4.72. The molecule has 0 N–H and O–H groups in total. The van der Waals surface area contributed by atoms with Crippen LogP contribution in [-0.2, 0) is 20.0 Å². The van der Waals surface area contributed by atoms with Crippen molar-refractivity contribution in [1.29, 1.82) is 0 Å². The van der Waals surface area contributed by atoms with E-state index in [2.05, 4.69) is 17.0 Å². The Labute approximate surface area is 223 Å². The molecule has 2 aromatic heterocycles. The lowest BCUT2D eigenvalue weighted by Gasteiger charge is -2.44. The van der Waals surface area contributed by atoms with Gasteiger partial charge in [0.2, 0.25) is 11.9 Å². The predicted molar refractivity (Wildman–Crippen MR) is 134 cm³/mol.